The Bertz CT molecular complexity index is 1010. The van der Waals surface area contributed by atoms with E-state index in [1.54, 1.807) is 34.0 Å². The largest absolute Gasteiger partial charge is 0.481 e. The minimum Gasteiger partial charge on any atom is -0.481 e. The normalized spacial score (nSPS) is 11.4. The second-order valence-corrected chi connectivity index (χ2v) is 12.6. The molecular weight excluding hydrogens is 489 g/mol. The summed E-state index contributed by atoms with van der Waals surface area (Å²) in [5.74, 6) is -0.755. The molecule has 0 saturated heterocycles. The van der Waals surface area contributed by atoms with Crippen LogP contribution in [0.2, 0.25) is 0 Å². The van der Waals surface area contributed by atoms with Crippen molar-refractivity contribution in [2.75, 3.05) is 0 Å². The van der Waals surface area contributed by atoms with Crippen LogP contribution in [0.25, 0.3) is 19.5 Å². The van der Waals surface area contributed by atoms with Crippen LogP contribution >= 0.6 is 34.0 Å². The van der Waals surface area contributed by atoms with Gasteiger partial charge in [0.15, 0.2) is 0 Å². The number of thiophene rings is 3. The van der Waals surface area contributed by atoms with Crippen LogP contribution < -0.4 is 0 Å². The van der Waals surface area contributed by atoms with E-state index in [1.807, 2.05) is 0 Å². The number of carbonyl (C=O) groups is 1. The summed E-state index contributed by atoms with van der Waals surface area (Å²) in [6.07, 6.45) is 18.2. The molecule has 2 nitrogen and oxygen atoms in total. The van der Waals surface area contributed by atoms with Crippen molar-refractivity contribution in [3.05, 3.63) is 45.6 Å². The lowest BCUT2D eigenvalue weighted by Gasteiger charge is -2.00. The van der Waals surface area contributed by atoms with Crippen molar-refractivity contribution in [1.82, 2.24) is 0 Å². The Balaban J connectivity index is 1.62. The third-order valence-corrected chi connectivity index (χ3v) is 10.1. The lowest BCUT2D eigenvalue weighted by Crippen LogP contribution is -1.99. The van der Waals surface area contributed by atoms with Crippen LogP contribution in [-0.2, 0) is 24.1 Å². The van der Waals surface area contributed by atoms with Gasteiger partial charge in [-0.15, -0.1) is 34.0 Å². The molecule has 0 amide bonds. The molecule has 0 bridgehead atoms. The van der Waals surface area contributed by atoms with Crippen LogP contribution in [0.4, 0.5) is 0 Å². The molecule has 0 aliphatic rings. The number of hydrogen-bond acceptors (Lipinski definition) is 4. The van der Waals surface area contributed by atoms with Crippen LogP contribution in [0.3, 0.4) is 0 Å². The summed E-state index contributed by atoms with van der Waals surface area (Å²) in [5.41, 5.74) is 3.78. The molecule has 3 aromatic rings. The predicted molar refractivity (Wildman–Crippen MR) is 156 cm³/mol. The first kappa shape index (κ1) is 28.1. The van der Waals surface area contributed by atoms with Gasteiger partial charge < -0.3 is 5.11 Å². The van der Waals surface area contributed by atoms with Crippen molar-refractivity contribution in [2.24, 2.45) is 0 Å². The SMILES string of the molecule is CCCCCCCCc1csc(-c2cc(CC(=O)O)c(-c3cc(CCCCCCCC)cs3)s2)c1. The molecule has 35 heavy (non-hydrogen) atoms. The van der Waals surface area contributed by atoms with E-state index in [0.29, 0.717) is 0 Å². The second kappa shape index (κ2) is 15.6. The monoisotopic (exact) mass is 530 g/mol. The first-order chi connectivity index (χ1) is 17.1. The Labute approximate surface area is 224 Å². The zero-order valence-electron chi connectivity index (χ0n) is 21.6. The average molecular weight is 531 g/mol. The van der Waals surface area contributed by atoms with Crippen molar-refractivity contribution >= 4 is 40.0 Å². The summed E-state index contributed by atoms with van der Waals surface area (Å²) in [4.78, 5) is 16.4. The van der Waals surface area contributed by atoms with E-state index in [2.05, 4.69) is 42.8 Å². The van der Waals surface area contributed by atoms with Crippen molar-refractivity contribution < 1.29 is 9.90 Å². The number of carboxylic acids is 1. The summed E-state index contributed by atoms with van der Waals surface area (Å²) in [5, 5.41) is 14.1. The van der Waals surface area contributed by atoms with E-state index in [9.17, 15) is 9.90 Å². The molecule has 5 heteroatoms. The van der Waals surface area contributed by atoms with Gasteiger partial charge in [0.05, 0.1) is 6.42 Å². The molecule has 0 radical (unpaired) electrons. The van der Waals surface area contributed by atoms with Gasteiger partial charge in [0.1, 0.15) is 0 Å². The van der Waals surface area contributed by atoms with Gasteiger partial charge in [-0.2, -0.15) is 0 Å². The molecule has 0 saturated carbocycles. The molecule has 0 aliphatic carbocycles. The highest BCUT2D eigenvalue weighted by molar-refractivity contribution is 7.26. The highest BCUT2D eigenvalue weighted by Gasteiger charge is 2.17. The van der Waals surface area contributed by atoms with Crippen LogP contribution in [0.5, 0.6) is 0 Å². The fourth-order valence-electron chi connectivity index (χ4n) is 4.53. The number of rotatable bonds is 18. The van der Waals surface area contributed by atoms with Gasteiger partial charge in [-0.3, -0.25) is 4.79 Å². The van der Waals surface area contributed by atoms with Gasteiger partial charge in [-0.1, -0.05) is 78.1 Å². The van der Waals surface area contributed by atoms with Gasteiger partial charge >= 0.3 is 5.97 Å². The van der Waals surface area contributed by atoms with Gasteiger partial charge in [-0.25, -0.2) is 0 Å². The van der Waals surface area contributed by atoms with Crippen LogP contribution in [-0.4, -0.2) is 11.1 Å². The van der Waals surface area contributed by atoms with E-state index < -0.39 is 5.97 Å². The van der Waals surface area contributed by atoms with Gasteiger partial charge in [0.2, 0.25) is 0 Å². The molecule has 0 aromatic carbocycles. The Kier molecular flexibility index (Phi) is 12.6. The van der Waals surface area contributed by atoms with Crippen LogP contribution in [0.1, 0.15) is 108 Å². The minimum atomic E-state index is -0.755. The number of carboxylic acid groups (broad SMARTS) is 1. The van der Waals surface area contributed by atoms with Gasteiger partial charge in [0, 0.05) is 19.5 Å². The Morgan fingerprint density at radius 3 is 1.77 bits per heavy atom. The molecule has 3 aromatic heterocycles. The smallest absolute Gasteiger partial charge is 0.307 e. The molecule has 0 spiro atoms. The van der Waals surface area contributed by atoms with E-state index in [4.69, 9.17) is 0 Å². The average Bonchev–Trinajstić information content (AvgIpc) is 3.58. The zero-order valence-corrected chi connectivity index (χ0v) is 24.0. The summed E-state index contributed by atoms with van der Waals surface area (Å²) in [7, 11) is 0. The molecule has 3 heterocycles. The van der Waals surface area contributed by atoms with E-state index in [1.165, 1.54) is 103 Å². The summed E-state index contributed by atoms with van der Waals surface area (Å²) < 4.78 is 0. The Morgan fingerprint density at radius 2 is 1.20 bits per heavy atom. The predicted octanol–water partition coefficient (Wildman–Crippen LogP) is 10.6. The zero-order chi connectivity index (χ0) is 24.9. The van der Waals surface area contributed by atoms with Crippen LogP contribution in [0.15, 0.2) is 29.0 Å². The fourth-order valence-corrected chi connectivity index (χ4v) is 7.86. The molecule has 3 rings (SSSR count). The standard InChI is InChI=1S/C30H42O2S3/c1-3-5-7-9-11-13-15-23-17-26(33-21-23)27-19-25(20-29(31)32)30(35-27)28-18-24(22-34-28)16-14-12-10-8-6-4-2/h17-19,21-22H,3-16,20H2,1-2H3,(H,31,32). The fraction of sp³-hybridized carbons (Fsp3) is 0.567. The van der Waals surface area contributed by atoms with Gasteiger partial charge in [-0.05, 0) is 71.3 Å². The van der Waals surface area contributed by atoms with Crippen molar-refractivity contribution in [3.8, 4) is 19.5 Å². The number of unbranched alkanes of at least 4 members (excludes halogenated alkanes) is 10. The number of aliphatic carboxylic acids is 1. The molecule has 0 unspecified atom stereocenters. The first-order valence-corrected chi connectivity index (χ1v) is 16.2. The molecular formula is C30H42O2S3. The van der Waals surface area contributed by atoms with Crippen molar-refractivity contribution in [1.29, 1.82) is 0 Å². The maximum absolute atomic E-state index is 11.6. The molecule has 192 valence electrons. The molecule has 1 N–H and O–H groups in total. The summed E-state index contributed by atoms with van der Waals surface area (Å²) in [6, 6.07) is 6.76. The van der Waals surface area contributed by atoms with Crippen molar-refractivity contribution in [2.45, 2.75) is 110 Å². The molecule has 0 aliphatic heterocycles. The topological polar surface area (TPSA) is 37.3 Å². The molecule has 0 atom stereocenters. The lowest BCUT2D eigenvalue weighted by atomic mass is 10.1. The van der Waals surface area contributed by atoms with Crippen LogP contribution in [0, 0.1) is 0 Å². The Morgan fingerprint density at radius 1 is 0.686 bits per heavy atom. The highest BCUT2D eigenvalue weighted by atomic mass is 32.1. The lowest BCUT2D eigenvalue weighted by molar-refractivity contribution is -0.136. The second-order valence-electron chi connectivity index (χ2n) is 9.71. The first-order valence-electron chi connectivity index (χ1n) is 13.6. The Hall–Kier alpha value is -1.43. The van der Waals surface area contributed by atoms with Gasteiger partial charge in [0.25, 0.3) is 0 Å². The summed E-state index contributed by atoms with van der Waals surface area (Å²) in [6.45, 7) is 4.52. The highest BCUT2D eigenvalue weighted by Crippen LogP contribution is 2.43. The number of aryl methyl sites for hydroxylation is 2. The third kappa shape index (κ3) is 9.51. The minimum absolute atomic E-state index is 0.0898. The summed E-state index contributed by atoms with van der Waals surface area (Å²) >= 11 is 5.34. The number of hydrogen-bond donors (Lipinski definition) is 1. The van der Waals surface area contributed by atoms with E-state index in [-0.39, 0.29) is 6.42 Å². The maximum atomic E-state index is 11.6. The third-order valence-electron chi connectivity index (χ3n) is 6.56. The van der Waals surface area contributed by atoms with Crippen molar-refractivity contribution in [3.63, 3.8) is 0 Å². The van der Waals surface area contributed by atoms with E-state index in [0.717, 1.165) is 23.3 Å². The maximum Gasteiger partial charge on any atom is 0.307 e. The van der Waals surface area contributed by atoms with E-state index >= 15 is 0 Å². The molecule has 0 fully saturated rings. The quantitative estimate of drug-likeness (QED) is 0.166.